The van der Waals surface area contributed by atoms with Crippen molar-refractivity contribution >= 4 is 0 Å². The van der Waals surface area contributed by atoms with Crippen LogP contribution in [0.2, 0.25) is 0 Å². The molecule has 0 fully saturated rings. The molecule has 1 atom stereocenters. The molecule has 0 aliphatic rings. The summed E-state index contributed by atoms with van der Waals surface area (Å²) < 4.78 is 0. The summed E-state index contributed by atoms with van der Waals surface area (Å²) in [7, 11) is 0. The lowest BCUT2D eigenvalue weighted by molar-refractivity contribution is 0.664. The van der Waals surface area contributed by atoms with Gasteiger partial charge >= 0.3 is 0 Å². The lowest BCUT2D eigenvalue weighted by Crippen LogP contribution is -2.15. The largest absolute Gasteiger partial charge is 0.328 e. The molecule has 0 saturated heterocycles. The van der Waals surface area contributed by atoms with Gasteiger partial charge in [0, 0.05) is 6.04 Å². The van der Waals surface area contributed by atoms with Crippen LogP contribution in [0.4, 0.5) is 0 Å². The fourth-order valence-corrected chi connectivity index (χ4v) is 1.47. The van der Waals surface area contributed by atoms with Crippen molar-refractivity contribution in [2.45, 2.75) is 39.7 Å². The summed E-state index contributed by atoms with van der Waals surface area (Å²) in [6.07, 6.45) is 2.18. The van der Waals surface area contributed by atoms with Crippen LogP contribution in [-0.4, -0.2) is 6.04 Å². The minimum absolute atomic E-state index is 0.305. The highest BCUT2D eigenvalue weighted by molar-refractivity contribution is 5.33. The Morgan fingerprint density at radius 3 is 2.62 bits per heavy atom. The molecular weight excluding hydrogens is 158 g/mol. The molecule has 1 aromatic carbocycles. The molecule has 2 N–H and O–H groups in total. The molecular formula is C12H19N. The summed E-state index contributed by atoms with van der Waals surface area (Å²) in [6.45, 7) is 6.40. The molecule has 1 rings (SSSR count). The van der Waals surface area contributed by atoms with Crippen molar-refractivity contribution in [3.63, 3.8) is 0 Å². The number of nitrogens with two attached hydrogens (primary N) is 1. The van der Waals surface area contributed by atoms with Gasteiger partial charge in [-0.3, -0.25) is 0 Å². The molecule has 0 amide bonds. The zero-order valence-corrected chi connectivity index (χ0v) is 8.80. The summed E-state index contributed by atoms with van der Waals surface area (Å²) in [5.74, 6) is 0. The van der Waals surface area contributed by atoms with Crippen LogP contribution < -0.4 is 5.73 Å². The molecule has 0 aromatic heterocycles. The zero-order valence-electron chi connectivity index (χ0n) is 8.80. The summed E-state index contributed by atoms with van der Waals surface area (Å²) in [4.78, 5) is 0. The second-order valence-electron chi connectivity index (χ2n) is 3.87. The van der Waals surface area contributed by atoms with Crippen molar-refractivity contribution in [2.24, 2.45) is 5.73 Å². The van der Waals surface area contributed by atoms with E-state index in [9.17, 15) is 0 Å². The van der Waals surface area contributed by atoms with Gasteiger partial charge in [0.05, 0.1) is 0 Å². The molecule has 13 heavy (non-hydrogen) atoms. The third-order valence-corrected chi connectivity index (χ3v) is 2.59. The van der Waals surface area contributed by atoms with E-state index in [-0.39, 0.29) is 0 Å². The van der Waals surface area contributed by atoms with E-state index < -0.39 is 0 Å². The van der Waals surface area contributed by atoms with Crippen LogP contribution in [0.1, 0.15) is 30.0 Å². The summed E-state index contributed by atoms with van der Waals surface area (Å²) in [6, 6.07) is 6.79. The van der Waals surface area contributed by atoms with Crippen LogP contribution in [0.15, 0.2) is 18.2 Å². The molecule has 0 radical (unpaired) electrons. The smallest absolute Gasteiger partial charge is 0.00136 e. The Kier molecular flexibility index (Phi) is 3.49. The van der Waals surface area contributed by atoms with Gasteiger partial charge in [0.15, 0.2) is 0 Å². The SMILES string of the molecule is Cc1cccc(CC[C@@H](C)N)c1C. The van der Waals surface area contributed by atoms with E-state index in [1.165, 1.54) is 16.7 Å². The normalized spacial score (nSPS) is 12.9. The molecule has 0 aliphatic carbocycles. The molecule has 0 aliphatic heterocycles. The van der Waals surface area contributed by atoms with Crippen LogP contribution in [0.3, 0.4) is 0 Å². The van der Waals surface area contributed by atoms with Gasteiger partial charge in [0.25, 0.3) is 0 Å². The summed E-state index contributed by atoms with van der Waals surface area (Å²) in [5, 5.41) is 0. The zero-order chi connectivity index (χ0) is 9.84. The maximum Gasteiger partial charge on any atom is 0.00136 e. The number of hydrogen-bond acceptors (Lipinski definition) is 1. The third kappa shape index (κ3) is 2.85. The summed E-state index contributed by atoms with van der Waals surface area (Å²) >= 11 is 0. The van der Waals surface area contributed by atoms with Gasteiger partial charge in [-0.15, -0.1) is 0 Å². The Labute approximate surface area is 81.0 Å². The van der Waals surface area contributed by atoms with E-state index in [1.54, 1.807) is 0 Å². The van der Waals surface area contributed by atoms with E-state index in [0.717, 1.165) is 12.8 Å². The Balaban J connectivity index is 2.71. The fourth-order valence-electron chi connectivity index (χ4n) is 1.47. The van der Waals surface area contributed by atoms with Gasteiger partial charge in [-0.2, -0.15) is 0 Å². The van der Waals surface area contributed by atoms with Gasteiger partial charge in [0.1, 0.15) is 0 Å². The van der Waals surface area contributed by atoms with Gasteiger partial charge in [-0.05, 0) is 50.3 Å². The monoisotopic (exact) mass is 177 g/mol. The van der Waals surface area contributed by atoms with E-state index in [4.69, 9.17) is 5.73 Å². The number of rotatable bonds is 3. The first-order chi connectivity index (χ1) is 6.11. The molecule has 1 heteroatoms. The van der Waals surface area contributed by atoms with Gasteiger partial charge < -0.3 is 5.73 Å². The lowest BCUT2D eigenvalue weighted by atomic mass is 9.98. The first-order valence-electron chi connectivity index (χ1n) is 4.92. The molecule has 1 nitrogen and oxygen atoms in total. The fraction of sp³-hybridized carbons (Fsp3) is 0.500. The molecule has 0 saturated carbocycles. The average Bonchev–Trinajstić information content (AvgIpc) is 2.07. The standard InChI is InChI=1S/C12H19N/c1-9-5-4-6-12(11(9)3)8-7-10(2)13/h4-6,10H,7-8,13H2,1-3H3/t10-/m1/s1. The second kappa shape index (κ2) is 4.43. The predicted octanol–water partition coefficient (Wildman–Crippen LogP) is 2.58. The van der Waals surface area contributed by atoms with E-state index in [0.29, 0.717) is 6.04 Å². The highest BCUT2D eigenvalue weighted by Crippen LogP contribution is 2.14. The van der Waals surface area contributed by atoms with Crippen molar-refractivity contribution in [3.05, 3.63) is 34.9 Å². The quantitative estimate of drug-likeness (QED) is 0.754. The Morgan fingerprint density at radius 2 is 2.00 bits per heavy atom. The van der Waals surface area contributed by atoms with Crippen LogP contribution in [0, 0.1) is 13.8 Å². The molecule has 72 valence electrons. The summed E-state index contributed by atoms with van der Waals surface area (Å²) in [5.41, 5.74) is 9.97. The molecule has 1 aromatic rings. The van der Waals surface area contributed by atoms with Crippen molar-refractivity contribution in [1.82, 2.24) is 0 Å². The first kappa shape index (κ1) is 10.3. The van der Waals surface area contributed by atoms with E-state index in [1.807, 2.05) is 0 Å². The molecule has 0 unspecified atom stereocenters. The van der Waals surface area contributed by atoms with Crippen molar-refractivity contribution in [1.29, 1.82) is 0 Å². The third-order valence-electron chi connectivity index (χ3n) is 2.59. The van der Waals surface area contributed by atoms with Gasteiger partial charge in [0.2, 0.25) is 0 Å². The first-order valence-corrected chi connectivity index (χ1v) is 4.92. The van der Waals surface area contributed by atoms with Crippen LogP contribution in [0.25, 0.3) is 0 Å². The van der Waals surface area contributed by atoms with Crippen molar-refractivity contribution in [3.8, 4) is 0 Å². The average molecular weight is 177 g/mol. The van der Waals surface area contributed by atoms with E-state index in [2.05, 4.69) is 39.0 Å². The topological polar surface area (TPSA) is 26.0 Å². The molecule has 0 bridgehead atoms. The van der Waals surface area contributed by atoms with E-state index >= 15 is 0 Å². The second-order valence-corrected chi connectivity index (χ2v) is 3.87. The maximum atomic E-state index is 5.73. The Hall–Kier alpha value is -0.820. The van der Waals surface area contributed by atoms with Crippen LogP contribution in [0.5, 0.6) is 0 Å². The maximum absolute atomic E-state index is 5.73. The Bertz CT molecular complexity index is 276. The molecule has 0 heterocycles. The van der Waals surface area contributed by atoms with Crippen molar-refractivity contribution in [2.75, 3.05) is 0 Å². The lowest BCUT2D eigenvalue weighted by Gasteiger charge is -2.09. The van der Waals surface area contributed by atoms with Gasteiger partial charge in [-0.1, -0.05) is 18.2 Å². The van der Waals surface area contributed by atoms with Crippen LogP contribution >= 0.6 is 0 Å². The highest BCUT2D eigenvalue weighted by Gasteiger charge is 2.01. The number of hydrogen-bond donors (Lipinski definition) is 1. The van der Waals surface area contributed by atoms with Gasteiger partial charge in [-0.25, -0.2) is 0 Å². The number of aryl methyl sites for hydroxylation is 2. The highest BCUT2D eigenvalue weighted by atomic mass is 14.6. The minimum atomic E-state index is 0.305. The van der Waals surface area contributed by atoms with Crippen molar-refractivity contribution < 1.29 is 0 Å². The minimum Gasteiger partial charge on any atom is -0.328 e. The Morgan fingerprint density at radius 1 is 1.31 bits per heavy atom. The molecule has 0 spiro atoms. The predicted molar refractivity (Wildman–Crippen MR) is 57.9 cm³/mol. The van der Waals surface area contributed by atoms with Crippen LogP contribution in [-0.2, 0) is 6.42 Å². The number of benzene rings is 1.